The number of nitrogens with zero attached hydrogens (tertiary/aromatic N) is 2. The molecular formula is C19H24N2O5. The van der Waals surface area contributed by atoms with E-state index in [9.17, 15) is 9.59 Å². The number of fused-ring (bicyclic) bond motifs is 5. The monoisotopic (exact) mass is 360 g/mol. The highest BCUT2D eigenvalue weighted by atomic mass is 16.7. The fourth-order valence-corrected chi connectivity index (χ4v) is 4.06. The average Bonchev–Trinajstić information content (AvgIpc) is 2.93. The van der Waals surface area contributed by atoms with Crippen LogP contribution in [0.25, 0.3) is 0 Å². The van der Waals surface area contributed by atoms with Crippen molar-refractivity contribution in [3.05, 3.63) is 23.8 Å². The Balaban J connectivity index is 1.44. The molecule has 4 heterocycles. The van der Waals surface area contributed by atoms with Crippen molar-refractivity contribution in [3.63, 3.8) is 0 Å². The van der Waals surface area contributed by atoms with Gasteiger partial charge >= 0.3 is 0 Å². The Kier molecular flexibility index (Phi) is 4.72. The van der Waals surface area contributed by atoms with Gasteiger partial charge in [0.15, 0.2) is 11.5 Å². The van der Waals surface area contributed by atoms with Gasteiger partial charge in [-0.05, 0) is 30.5 Å². The predicted octanol–water partition coefficient (Wildman–Crippen LogP) is 1.05. The molecule has 0 N–H and O–H groups in total. The summed E-state index contributed by atoms with van der Waals surface area (Å²) in [6, 6.07) is 5.70. The fourth-order valence-electron chi connectivity index (χ4n) is 4.06. The van der Waals surface area contributed by atoms with E-state index in [1.807, 2.05) is 28.0 Å². The summed E-state index contributed by atoms with van der Waals surface area (Å²) in [6.07, 6.45) is 2.12. The molecule has 4 aliphatic rings. The van der Waals surface area contributed by atoms with Crippen LogP contribution in [0.15, 0.2) is 18.2 Å². The van der Waals surface area contributed by atoms with E-state index in [0.717, 1.165) is 18.4 Å². The highest BCUT2D eigenvalue weighted by molar-refractivity contribution is 5.84. The minimum absolute atomic E-state index is 0.0576. The summed E-state index contributed by atoms with van der Waals surface area (Å²) in [5.74, 6) is 1.53. The van der Waals surface area contributed by atoms with E-state index < -0.39 is 0 Å². The zero-order valence-corrected chi connectivity index (χ0v) is 15.0. The Labute approximate surface area is 152 Å². The van der Waals surface area contributed by atoms with E-state index in [1.165, 1.54) is 0 Å². The summed E-state index contributed by atoms with van der Waals surface area (Å²) in [5, 5.41) is 0. The summed E-state index contributed by atoms with van der Waals surface area (Å²) in [7, 11) is 1.64. The first kappa shape index (κ1) is 17.1. The van der Waals surface area contributed by atoms with Gasteiger partial charge in [0, 0.05) is 32.8 Å². The molecular weight excluding hydrogens is 336 g/mol. The molecule has 2 unspecified atom stereocenters. The molecule has 4 aliphatic heterocycles. The Morgan fingerprint density at radius 1 is 1.23 bits per heavy atom. The molecule has 0 radical (unpaired) electrons. The maximum atomic E-state index is 12.9. The van der Waals surface area contributed by atoms with Crippen LogP contribution in [0, 0.1) is 5.92 Å². The van der Waals surface area contributed by atoms with Gasteiger partial charge < -0.3 is 24.0 Å². The van der Waals surface area contributed by atoms with Gasteiger partial charge in [-0.15, -0.1) is 0 Å². The molecule has 2 bridgehead atoms. The Hall–Kier alpha value is -2.28. The van der Waals surface area contributed by atoms with Crippen molar-refractivity contribution < 1.29 is 23.8 Å². The molecule has 0 aliphatic carbocycles. The van der Waals surface area contributed by atoms with Gasteiger partial charge in [-0.1, -0.05) is 6.07 Å². The van der Waals surface area contributed by atoms with Crippen LogP contribution in [0.2, 0.25) is 0 Å². The highest BCUT2D eigenvalue weighted by Gasteiger charge is 2.41. The largest absolute Gasteiger partial charge is 0.454 e. The third-order valence-corrected chi connectivity index (χ3v) is 5.47. The molecule has 5 rings (SSSR count). The molecule has 3 fully saturated rings. The van der Waals surface area contributed by atoms with Crippen LogP contribution in [0.3, 0.4) is 0 Å². The predicted molar refractivity (Wildman–Crippen MR) is 93.0 cm³/mol. The van der Waals surface area contributed by atoms with Gasteiger partial charge in [0.2, 0.25) is 18.6 Å². The summed E-state index contributed by atoms with van der Waals surface area (Å²) < 4.78 is 15.8. The molecule has 140 valence electrons. The third kappa shape index (κ3) is 3.23. The van der Waals surface area contributed by atoms with Gasteiger partial charge in [-0.2, -0.15) is 0 Å². The fraction of sp³-hybridized carbons (Fsp3) is 0.579. The second kappa shape index (κ2) is 7.15. The van der Waals surface area contributed by atoms with Crippen molar-refractivity contribution in [2.24, 2.45) is 5.92 Å². The number of carbonyl (C=O) groups is 2. The number of hydrogen-bond acceptors (Lipinski definition) is 5. The van der Waals surface area contributed by atoms with Gasteiger partial charge in [0.05, 0.1) is 18.9 Å². The summed E-state index contributed by atoms with van der Waals surface area (Å²) in [5.41, 5.74) is 0.901. The molecule has 7 heteroatoms. The molecule has 7 nitrogen and oxygen atoms in total. The molecule has 0 saturated carbocycles. The van der Waals surface area contributed by atoms with Crippen LogP contribution < -0.4 is 9.47 Å². The first-order chi connectivity index (χ1) is 12.7. The number of ether oxygens (including phenoxy) is 3. The Morgan fingerprint density at radius 3 is 2.92 bits per heavy atom. The average molecular weight is 360 g/mol. The normalized spacial score (nSPS) is 24.1. The van der Waals surface area contributed by atoms with Crippen molar-refractivity contribution in [3.8, 4) is 11.5 Å². The van der Waals surface area contributed by atoms with Gasteiger partial charge in [0.25, 0.3) is 0 Å². The topological polar surface area (TPSA) is 68.3 Å². The number of hydrogen-bond donors (Lipinski definition) is 0. The third-order valence-electron chi connectivity index (χ3n) is 5.47. The minimum atomic E-state index is -0.0914. The lowest BCUT2D eigenvalue weighted by Crippen LogP contribution is -2.49. The molecule has 26 heavy (non-hydrogen) atoms. The highest BCUT2D eigenvalue weighted by Crippen LogP contribution is 2.33. The molecule has 1 aromatic rings. The van der Waals surface area contributed by atoms with E-state index in [2.05, 4.69) is 0 Å². The lowest BCUT2D eigenvalue weighted by molar-refractivity contribution is -0.140. The number of carbonyl (C=O) groups excluding carboxylic acids is 2. The maximum absolute atomic E-state index is 12.9. The van der Waals surface area contributed by atoms with Crippen LogP contribution in [-0.4, -0.2) is 67.8 Å². The number of rotatable bonds is 5. The smallest absolute Gasteiger partial charge is 0.231 e. The Bertz CT molecular complexity index is 707. The quantitative estimate of drug-likeness (QED) is 0.785. The van der Waals surface area contributed by atoms with Gasteiger partial charge in [0.1, 0.15) is 0 Å². The van der Waals surface area contributed by atoms with Gasteiger partial charge in [-0.25, -0.2) is 0 Å². The van der Waals surface area contributed by atoms with Crippen molar-refractivity contribution in [2.45, 2.75) is 25.3 Å². The van der Waals surface area contributed by atoms with E-state index in [4.69, 9.17) is 14.2 Å². The van der Waals surface area contributed by atoms with Crippen LogP contribution >= 0.6 is 0 Å². The lowest BCUT2D eigenvalue weighted by atomic mass is 9.94. The maximum Gasteiger partial charge on any atom is 0.231 e. The van der Waals surface area contributed by atoms with Crippen LogP contribution in [0.1, 0.15) is 18.4 Å². The van der Waals surface area contributed by atoms with Crippen molar-refractivity contribution in [1.82, 2.24) is 9.80 Å². The number of amides is 2. The first-order valence-corrected chi connectivity index (χ1v) is 9.11. The Morgan fingerprint density at radius 2 is 2.08 bits per heavy atom. The molecule has 2 atom stereocenters. The molecule has 3 saturated heterocycles. The SMILES string of the molecule is COCCN1C(=O)C2CCC1CN(C(=O)Cc1ccc3c(c1)OCO3)C2. The second-order valence-electron chi connectivity index (χ2n) is 7.12. The van der Waals surface area contributed by atoms with Gasteiger partial charge in [-0.3, -0.25) is 9.59 Å². The van der Waals surface area contributed by atoms with Crippen molar-refractivity contribution >= 4 is 11.8 Å². The summed E-state index contributed by atoms with van der Waals surface area (Å²) in [6.45, 7) is 2.47. The molecule has 0 spiro atoms. The van der Waals surface area contributed by atoms with Crippen molar-refractivity contribution in [2.75, 3.05) is 40.1 Å². The van der Waals surface area contributed by atoms with Crippen LogP contribution in [-0.2, 0) is 20.7 Å². The number of methoxy groups -OCH3 is 1. The minimum Gasteiger partial charge on any atom is -0.454 e. The van der Waals surface area contributed by atoms with Crippen LogP contribution in [0.4, 0.5) is 0 Å². The van der Waals surface area contributed by atoms with E-state index in [0.29, 0.717) is 44.2 Å². The van der Waals surface area contributed by atoms with Crippen molar-refractivity contribution in [1.29, 1.82) is 0 Å². The van der Waals surface area contributed by atoms with E-state index >= 15 is 0 Å². The van der Waals surface area contributed by atoms with E-state index in [1.54, 1.807) is 7.11 Å². The molecule has 2 amide bonds. The second-order valence-corrected chi connectivity index (χ2v) is 7.12. The van der Waals surface area contributed by atoms with Crippen LogP contribution in [0.5, 0.6) is 11.5 Å². The zero-order valence-electron chi connectivity index (χ0n) is 15.0. The zero-order chi connectivity index (χ0) is 18.1. The number of benzene rings is 1. The molecule has 0 aromatic heterocycles. The summed E-state index contributed by atoms with van der Waals surface area (Å²) >= 11 is 0. The number of piperidine rings is 1. The molecule has 1 aromatic carbocycles. The first-order valence-electron chi connectivity index (χ1n) is 9.11. The standard InChI is InChI=1S/C19H24N2O5/c1-24-7-6-21-15-4-3-14(19(21)23)10-20(11-15)18(22)9-13-2-5-16-17(8-13)26-12-25-16/h2,5,8,14-15H,3-4,6-7,9-12H2,1H3. The van der Waals surface area contributed by atoms with E-state index in [-0.39, 0.29) is 30.6 Å². The lowest BCUT2D eigenvalue weighted by Gasteiger charge is -2.35. The summed E-state index contributed by atoms with van der Waals surface area (Å²) in [4.78, 5) is 29.3.